The molecular formula is C12H16O. The first-order chi connectivity index (χ1) is 6.18. The molecule has 0 saturated heterocycles. The van der Waals surface area contributed by atoms with E-state index < -0.39 is 0 Å². The Bertz CT molecular complexity index is 272. The molecule has 0 saturated carbocycles. The fourth-order valence-electron chi connectivity index (χ4n) is 1.26. The van der Waals surface area contributed by atoms with E-state index in [-0.39, 0.29) is 0 Å². The van der Waals surface area contributed by atoms with Crippen LogP contribution in [0.3, 0.4) is 0 Å². The molecule has 0 atom stereocenters. The van der Waals surface area contributed by atoms with Crippen molar-refractivity contribution in [3.05, 3.63) is 42.0 Å². The van der Waals surface area contributed by atoms with Crippen LogP contribution in [-0.2, 0) is 6.42 Å². The highest BCUT2D eigenvalue weighted by Crippen LogP contribution is 2.12. The van der Waals surface area contributed by atoms with Crippen molar-refractivity contribution in [1.82, 2.24) is 0 Å². The SMILES string of the molecule is C=C(C)CCCc1ccc(O)cc1. The molecule has 0 amide bonds. The summed E-state index contributed by atoms with van der Waals surface area (Å²) < 4.78 is 0. The highest BCUT2D eigenvalue weighted by Gasteiger charge is 1.93. The zero-order valence-corrected chi connectivity index (χ0v) is 8.09. The van der Waals surface area contributed by atoms with Gasteiger partial charge in [0.2, 0.25) is 0 Å². The Balaban J connectivity index is 2.37. The Hall–Kier alpha value is -1.24. The molecule has 0 radical (unpaired) electrons. The Morgan fingerprint density at radius 1 is 1.31 bits per heavy atom. The number of hydrogen-bond acceptors (Lipinski definition) is 1. The number of aryl methyl sites for hydroxylation is 1. The molecule has 13 heavy (non-hydrogen) atoms. The number of phenolic OH excluding ortho intramolecular Hbond substituents is 1. The van der Waals surface area contributed by atoms with E-state index in [9.17, 15) is 0 Å². The first-order valence-electron chi connectivity index (χ1n) is 4.61. The normalized spacial score (nSPS) is 9.92. The molecule has 0 aromatic heterocycles. The lowest BCUT2D eigenvalue weighted by Crippen LogP contribution is -1.85. The molecule has 0 aliphatic rings. The second-order valence-electron chi connectivity index (χ2n) is 3.48. The number of phenols is 1. The predicted molar refractivity (Wildman–Crippen MR) is 55.9 cm³/mol. The third-order valence-corrected chi connectivity index (χ3v) is 2.01. The van der Waals surface area contributed by atoms with Crippen molar-refractivity contribution < 1.29 is 5.11 Å². The average Bonchev–Trinajstić information content (AvgIpc) is 2.08. The van der Waals surface area contributed by atoms with Crippen molar-refractivity contribution in [2.24, 2.45) is 0 Å². The number of allylic oxidation sites excluding steroid dienone is 1. The summed E-state index contributed by atoms with van der Waals surface area (Å²) in [7, 11) is 0. The van der Waals surface area contributed by atoms with E-state index in [1.807, 2.05) is 12.1 Å². The number of aromatic hydroxyl groups is 1. The van der Waals surface area contributed by atoms with Crippen molar-refractivity contribution in [1.29, 1.82) is 0 Å². The first-order valence-corrected chi connectivity index (χ1v) is 4.61. The second-order valence-corrected chi connectivity index (χ2v) is 3.48. The summed E-state index contributed by atoms with van der Waals surface area (Å²) in [6, 6.07) is 7.40. The van der Waals surface area contributed by atoms with Gasteiger partial charge in [0.1, 0.15) is 5.75 Å². The Morgan fingerprint density at radius 3 is 2.46 bits per heavy atom. The van der Waals surface area contributed by atoms with Gasteiger partial charge in [-0.15, -0.1) is 6.58 Å². The predicted octanol–water partition coefficient (Wildman–Crippen LogP) is 3.29. The fraction of sp³-hybridized carbons (Fsp3) is 0.333. The Labute approximate surface area is 79.7 Å². The standard InChI is InChI=1S/C12H16O/c1-10(2)4-3-5-11-6-8-12(13)9-7-11/h6-9,13H,1,3-5H2,2H3. The van der Waals surface area contributed by atoms with E-state index in [0.29, 0.717) is 5.75 Å². The van der Waals surface area contributed by atoms with E-state index in [1.165, 1.54) is 11.1 Å². The van der Waals surface area contributed by atoms with Gasteiger partial charge in [-0.3, -0.25) is 0 Å². The minimum absolute atomic E-state index is 0.337. The molecule has 70 valence electrons. The molecule has 0 heterocycles. The zero-order valence-electron chi connectivity index (χ0n) is 8.09. The molecular weight excluding hydrogens is 160 g/mol. The maximum atomic E-state index is 9.06. The van der Waals surface area contributed by atoms with Gasteiger partial charge in [0.25, 0.3) is 0 Å². The van der Waals surface area contributed by atoms with Gasteiger partial charge in [0, 0.05) is 0 Å². The van der Waals surface area contributed by atoms with Crippen molar-refractivity contribution >= 4 is 0 Å². The number of benzene rings is 1. The minimum Gasteiger partial charge on any atom is -0.508 e. The van der Waals surface area contributed by atoms with Crippen LogP contribution in [0.5, 0.6) is 5.75 Å². The largest absolute Gasteiger partial charge is 0.508 e. The lowest BCUT2D eigenvalue weighted by Gasteiger charge is -2.01. The molecule has 0 fully saturated rings. The highest BCUT2D eigenvalue weighted by atomic mass is 16.3. The van der Waals surface area contributed by atoms with Crippen LogP contribution < -0.4 is 0 Å². The van der Waals surface area contributed by atoms with Gasteiger partial charge >= 0.3 is 0 Å². The fourth-order valence-corrected chi connectivity index (χ4v) is 1.26. The van der Waals surface area contributed by atoms with Crippen molar-refractivity contribution in [3.63, 3.8) is 0 Å². The Kier molecular flexibility index (Phi) is 3.56. The summed E-state index contributed by atoms with van der Waals surface area (Å²) in [6.45, 7) is 5.91. The summed E-state index contributed by atoms with van der Waals surface area (Å²) in [4.78, 5) is 0. The summed E-state index contributed by atoms with van der Waals surface area (Å²) in [5.41, 5.74) is 2.51. The van der Waals surface area contributed by atoms with Crippen molar-refractivity contribution in [2.75, 3.05) is 0 Å². The van der Waals surface area contributed by atoms with Gasteiger partial charge in [-0.05, 0) is 43.9 Å². The van der Waals surface area contributed by atoms with E-state index in [2.05, 4.69) is 13.5 Å². The zero-order chi connectivity index (χ0) is 9.68. The van der Waals surface area contributed by atoms with Gasteiger partial charge in [-0.2, -0.15) is 0 Å². The maximum Gasteiger partial charge on any atom is 0.115 e. The van der Waals surface area contributed by atoms with Crippen LogP contribution in [0.25, 0.3) is 0 Å². The quantitative estimate of drug-likeness (QED) is 0.698. The molecule has 1 rings (SSSR count). The molecule has 0 aliphatic heterocycles. The minimum atomic E-state index is 0.337. The maximum absolute atomic E-state index is 9.06. The lowest BCUT2D eigenvalue weighted by molar-refractivity contribution is 0.475. The third-order valence-electron chi connectivity index (χ3n) is 2.01. The summed E-state index contributed by atoms with van der Waals surface area (Å²) >= 11 is 0. The monoisotopic (exact) mass is 176 g/mol. The lowest BCUT2D eigenvalue weighted by atomic mass is 10.1. The molecule has 0 spiro atoms. The molecule has 1 aromatic carbocycles. The molecule has 0 unspecified atom stereocenters. The van der Waals surface area contributed by atoms with Gasteiger partial charge in [0.05, 0.1) is 0 Å². The van der Waals surface area contributed by atoms with Gasteiger partial charge < -0.3 is 5.11 Å². The van der Waals surface area contributed by atoms with E-state index in [4.69, 9.17) is 5.11 Å². The van der Waals surface area contributed by atoms with Crippen LogP contribution in [0.15, 0.2) is 36.4 Å². The van der Waals surface area contributed by atoms with E-state index in [1.54, 1.807) is 12.1 Å². The summed E-state index contributed by atoms with van der Waals surface area (Å²) in [5.74, 6) is 0.337. The highest BCUT2D eigenvalue weighted by molar-refractivity contribution is 5.25. The molecule has 1 aromatic rings. The van der Waals surface area contributed by atoms with Gasteiger partial charge in [-0.1, -0.05) is 17.7 Å². The van der Waals surface area contributed by atoms with Crippen LogP contribution in [0.2, 0.25) is 0 Å². The number of rotatable bonds is 4. The topological polar surface area (TPSA) is 20.2 Å². The van der Waals surface area contributed by atoms with Gasteiger partial charge in [-0.25, -0.2) is 0 Å². The number of hydrogen-bond donors (Lipinski definition) is 1. The van der Waals surface area contributed by atoms with Crippen LogP contribution in [0.1, 0.15) is 25.3 Å². The molecule has 0 aliphatic carbocycles. The van der Waals surface area contributed by atoms with Crippen LogP contribution in [0, 0.1) is 0 Å². The molecule has 1 N–H and O–H groups in total. The summed E-state index contributed by atoms with van der Waals surface area (Å²) in [5, 5.41) is 9.06. The van der Waals surface area contributed by atoms with E-state index >= 15 is 0 Å². The Morgan fingerprint density at radius 2 is 1.92 bits per heavy atom. The second kappa shape index (κ2) is 4.70. The molecule has 1 nitrogen and oxygen atoms in total. The van der Waals surface area contributed by atoms with Crippen LogP contribution >= 0.6 is 0 Å². The van der Waals surface area contributed by atoms with Crippen LogP contribution in [0.4, 0.5) is 0 Å². The summed E-state index contributed by atoms with van der Waals surface area (Å²) in [6.07, 6.45) is 3.29. The third kappa shape index (κ3) is 3.79. The first kappa shape index (κ1) is 9.85. The van der Waals surface area contributed by atoms with Gasteiger partial charge in [0.15, 0.2) is 0 Å². The van der Waals surface area contributed by atoms with E-state index in [0.717, 1.165) is 19.3 Å². The van der Waals surface area contributed by atoms with Crippen LogP contribution in [-0.4, -0.2) is 5.11 Å². The van der Waals surface area contributed by atoms with Crippen molar-refractivity contribution in [2.45, 2.75) is 26.2 Å². The smallest absolute Gasteiger partial charge is 0.115 e. The van der Waals surface area contributed by atoms with Crippen molar-refractivity contribution in [3.8, 4) is 5.75 Å². The molecule has 0 bridgehead atoms. The molecule has 1 heteroatoms. The average molecular weight is 176 g/mol.